The van der Waals surface area contributed by atoms with Gasteiger partial charge in [-0.1, -0.05) is 33.8 Å². The van der Waals surface area contributed by atoms with Crippen LogP contribution in [0.15, 0.2) is 28.9 Å². The third-order valence-electron chi connectivity index (χ3n) is 6.15. The van der Waals surface area contributed by atoms with E-state index in [0.717, 1.165) is 48.9 Å². The molecule has 39 heavy (non-hydrogen) atoms. The zero-order valence-electron chi connectivity index (χ0n) is 25.6. The minimum absolute atomic E-state index is 0.0392. The second-order valence-corrected chi connectivity index (χ2v) is 11.5. The standard InChI is InChI=1S/C19H30FN3O2.C8H13N.C4H8O/c1-6-14-15(11-21-5)16(20)7-8-17(14)23-10-9-13(12-23)22-18(24)25-19(2,3)4;1-7-4-3-5-9-8(2)6-7;1-4(2)3-5/h7-8,13,21H,6,9-12H2,1-5H3,(H,22,24);5-7H,3-4H2,1-2H3;3-4H,1-2H3. The van der Waals surface area contributed by atoms with E-state index in [1.54, 1.807) is 0 Å². The van der Waals surface area contributed by atoms with Crippen molar-refractivity contribution in [1.82, 2.24) is 10.6 Å². The summed E-state index contributed by atoms with van der Waals surface area (Å²) in [5.41, 5.74) is 3.48. The number of aliphatic imine (C=N–C) groups is 1. The largest absolute Gasteiger partial charge is 0.444 e. The minimum Gasteiger partial charge on any atom is -0.444 e. The number of nitrogens with zero attached hydrogens (tertiary/aromatic N) is 2. The quantitative estimate of drug-likeness (QED) is 0.401. The Morgan fingerprint density at radius 3 is 2.49 bits per heavy atom. The van der Waals surface area contributed by atoms with Gasteiger partial charge in [0.05, 0.1) is 6.04 Å². The summed E-state index contributed by atoms with van der Waals surface area (Å²) >= 11 is 0. The van der Waals surface area contributed by atoms with E-state index in [2.05, 4.69) is 40.4 Å². The van der Waals surface area contributed by atoms with Crippen LogP contribution in [0.2, 0.25) is 0 Å². The van der Waals surface area contributed by atoms with Crippen molar-refractivity contribution in [2.75, 3.05) is 25.0 Å². The number of benzene rings is 1. The van der Waals surface area contributed by atoms with Crippen molar-refractivity contribution in [3.05, 3.63) is 40.8 Å². The zero-order chi connectivity index (χ0) is 29.6. The third-order valence-corrected chi connectivity index (χ3v) is 6.15. The Balaban J connectivity index is 0.000000444. The van der Waals surface area contributed by atoms with Crippen molar-refractivity contribution >= 4 is 24.3 Å². The molecule has 8 heteroatoms. The Kier molecular flexibility index (Phi) is 15.0. The van der Waals surface area contributed by atoms with Crippen molar-refractivity contribution in [2.45, 2.75) is 99.3 Å². The number of allylic oxidation sites excluding steroid dienone is 2. The van der Waals surface area contributed by atoms with Crippen LogP contribution in [0.5, 0.6) is 0 Å². The molecule has 2 atom stereocenters. The first-order chi connectivity index (χ1) is 18.3. The van der Waals surface area contributed by atoms with Crippen LogP contribution in [-0.4, -0.2) is 50.4 Å². The number of carbonyl (C=O) groups excluding carboxylic acids is 2. The molecule has 3 rings (SSSR count). The van der Waals surface area contributed by atoms with Gasteiger partial charge in [-0.2, -0.15) is 0 Å². The summed E-state index contributed by atoms with van der Waals surface area (Å²) in [6.45, 7) is 17.6. The van der Waals surface area contributed by atoms with Crippen LogP contribution < -0.4 is 15.5 Å². The maximum absolute atomic E-state index is 14.2. The Labute approximate surface area is 235 Å². The molecule has 2 N–H and O–H groups in total. The van der Waals surface area contributed by atoms with Crippen molar-refractivity contribution < 1.29 is 18.7 Å². The number of halogens is 1. The van der Waals surface area contributed by atoms with E-state index >= 15 is 0 Å². The number of amides is 1. The van der Waals surface area contributed by atoms with Gasteiger partial charge >= 0.3 is 6.09 Å². The van der Waals surface area contributed by atoms with Crippen molar-refractivity contribution in [3.63, 3.8) is 0 Å². The van der Waals surface area contributed by atoms with Gasteiger partial charge in [-0.15, -0.1) is 0 Å². The molecule has 1 aromatic carbocycles. The van der Waals surface area contributed by atoms with Crippen LogP contribution in [0.25, 0.3) is 0 Å². The lowest BCUT2D eigenvalue weighted by molar-refractivity contribution is -0.110. The average Bonchev–Trinajstić information content (AvgIpc) is 3.21. The number of alkyl carbamates (subject to hydrolysis) is 1. The topological polar surface area (TPSA) is 83.0 Å². The van der Waals surface area contributed by atoms with Gasteiger partial charge in [-0.3, -0.25) is 4.99 Å². The molecule has 220 valence electrons. The lowest BCUT2D eigenvalue weighted by Gasteiger charge is -2.25. The summed E-state index contributed by atoms with van der Waals surface area (Å²) in [4.78, 5) is 27.9. The fourth-order valence-corrected chi connectivity index (χ4v) is 4.37. The van der Waals surface area contributed by atoms with Crippen LogP contribution >= 0.6 is 0 Å². The molecule has 0 bridgehead atoms. The highest BCUT2D eigenvalue weighted by Gasteiger charge is 2.28. The van der Waals surface area contributed by atoms with E-state index in [4.69, 9.17) is 4.74 Å². The van der Waals surface area contributed by atoms with E-state index in [1.165, 1.54) is 18.2 Å². The highest BCUT2D eigenvalue weighted by atomic mass is 19.1. The summed E-state index contributed by atoms with van der Waals surface area (Å²) < 4.78 is 19.5. The maximum atomic E-state index is 14.2. The molecule has 2 aliphatic heterocycles. The molecular formula is C31H51FN4O3. The van der Waals surface area contributed by atoms with Crippen LogP contribution in [0.4, 0.5) is 14.9 Å². The summed E-state index contributed by atoms with van der Waals surface area (Å²) in [6.07, 6.45) is 8.77. The number of aldehydes is 1. The van der Waals surface area contributed by atoms with E-state index in [9.17, 15) is 14.0 Å². The summed E-state index contributed by atoms with van der Waals surface area (Å²) in [7, 11) is 1.82. The first kappa shape index (κ1) is 34.3. The molecule has 7 nitrogen and oxygen atoms in total. The highest BCUT2D eigenvalue weighted by Crippen LogP contribution is 2.30. The second kappa shape index (κ2) is 17.1. The van der Waals surface area contributed by atoms with Crippen LogP contribution in [0.1, 0.15) is 85.8 Å². The van der Waals surface area contributed by atoms with Gasteiger partial charge < -0.3 is 25.1 Å². The van der Waals surface area contributed by atoms with E-state index in [1.807, 2.05) is 60.9 Å². The monoisotopic (exact) mass is 546 g/mol. The molecule has 0 aliphatic carbocycles. The Morgan fingerprint density at radius 2 is 1.92 bits per heavy atom. The maximum Gasteiger partial charge on any atom is 0.407 e. The van der Waals surface area contributed by atoms with Crippen LogP contribution in [-0.2, 0) is 22.5 Å². The van der Waals surface area contributed by atoms with Crippen LogP contribution in [0.3, 0.4) is 0 Å². The SMILES string of the molecule is CC(C)C=O.CC1=CC(C)CCC=N1.CCc1c(N2CCC(NC(=O)OC(C)(C)C)C2)ccc(F)c1CNC. The molecule has 0 aromatic heterocycles. The first-order valence-electron chi connectivity index (χ1n) is 14.2. The van der Waals surface area contributed by atoms with Gasteiger partial charge in [0.1, 0.15) is 17.7 Å². The molecular weight excluding hydrogens is 495 g/mol. The normalized spacial score (nSPS) is 18.7. The summed E-state index contributed by atoms with van der Waals surface area (Å²) in [5.74, 6) is 0.750. The number of ether oxygens (including phenoxy) is 1. The van der Waals surface area contributed by atoms with Gasteiger partial charge in [0.2, 0.25) is 0 Å². The van der Waals surface area contributed by atoms with Gasteiger partial charge in [0, 0.05) is 48.7 Å². The fraction of sp³-hybridized carbons (Fsp3) is 0.645. The number of carbonyl (C=O) groups is 2. The van der Waals surface area contributed by atoms with Crippen LogP contribution in [0, 0.1) is 17.7 Å². The third kappa shape index (κ3) is 13.2. The van der Waals surface area contributed by atoms with Gasteiger partial charge in [0.25, 0.3) is 0 Å². The molecule has 2 heterocycles. The molecule has 0 radical (unpaired) electrons. The number of rotatable bonds is 6. The molecule has 2 unspecified atom stereocenters. The van der Waals surface area contributed by atoms with Crippen molar-refractivity contribution in [2.24, 2.45) is 16.8 Å². The Morgan fingerprint density at radius 1 is 1.26 bits per heavy atom. The van der Waals surface area contributed by atoms with Crippen molar-refractivity contribution in [3.8, 4) is 0 Å². The molecule has 1 saturated heterocycles. The molecule has 1 aromatic rings. The van der Waals surface area contributed by atoms with E-state index in [-0.39, 0.29) is 23.9 Å². The summed E-state index contributed by atoms with van der Waals surface area (Å²) in [6, 6.07) is 3.43. The predicted molar refractivity (Wildman–Crippen MR) is 160 cm³/mol. The number of hydrogen-bond donors (Lipinski definition) is 2. The molecule has 0 saturated carbocycles. The second-order valence-electron chi connectivity index (χ2n) is 11.5. The average molecular weight is 547 g/mol. The molecule has 2 aliphatic rings. The lowest BCUT2D eigenvalue weighted by atomic mass is 10.0. The van der Waals surface area contributed by atoms with E-state index in [0.29, 0.717) is 19.0 Å². The molecule has 1 amide bonds. The Hall–Kier alpha value is -2.74. The highest BCUT2D eigenvalue weighted by molar-refractivity contribution is 5.68. The molecule has 1 fully saturated rings. The fourth-order valence-electron chi connectivity index (χ4n) is 4.37. The molecule has 0 spiro atoms. The minimum atomic E-state index is -0.503. The summed E-state index contributed by atoms with van der Waals surface area (Å²) in [5, 5.41) is 5.98. The van der Waals surface area contributed by atoms with E-state index < -0.39 is 5.60 Å². The zero-order valence-corrected chi connectivity index (χ0v) is 25.6. The van der Waals surface area contributed by atoms with Crippen molar-refractivity contribution in [1.29, 1.82) is 0 Å². The number of anilines is 1. The lowest BCUT2D eigenvalue weighted by Crippen LogP contribution is -2.40. The first-order valence-corrected chi connectivity index (χ1v) is 14.2. The van der Waals surface area contributed by atoms with Gasteiger partial charge in [-0.25, -0.2) is 9.18 Å². The number of hydrogen-bond acceptors (Lipinski definition) is 6. The smallest absolute Gasteiger partial charge is 0.407 e. The van der Waals surface area contributed by atoms with Gasteiger partial charge in [0.15, 0.2) is 0 Å². The Bertz CT molecular complexity index is 969. The number of nitrogens with one attached hydrogen (secondary N) is 2. The van der Waals surface area contributed by atoms with Gasteiger partial charge in [-0.05, 0) is 84.0 Å². The predicted octanol–water partition coefficient (Wildman–Crippen LogP) is 6.44.